The lowest BCUT2D eigenvalue weighted by atomic mass is 10.3. The molecule has 6 heteroatoms. The summed E-state index contributed by atoms with van der Waals surface area (Å²) in [6.45, 7) is 0.902. The van der Waals surface area contributed by atoms with Gasteiger partial charge in [-0.25, -0.2) is 14.5 Å². The van der Waals surface area contributed by atoms with Crippen molar-refractivity contribution in [1.82, 2.24) is 14.8 Å². The van der Waals surface area contributed by atoms with Gasteiger partial charge in [-0.15, -0.1) is 0 Å². The largest absolute Gasteiger partial charge is 0.492 e. The van der Waals surface area contributed by atoms with E-state index < -0.39 is 0 Å². The second kappa shape index (κ2) is 4.63. The third-order valence-corrected chi connectivity index (χ3v) is 2.03. The summed E-state index contributed by atoms with van der Waals surface area (Å²) in [5.74, 6) is 0.677. The van der Waals surface area contributed by atoms with Crippen LogP contribution in [0, 0.1) is 0 Å². The first-order valence-corrected chi connectivity index (χ1v) is 4.86. The molecule has 0 atom stereocenters. The summed E-state index contributed by atoms with van der Waals surface area (Å²) in [6, 6.07) is 7.17. The molecule has 0 saturated carbocycles. The molecule has 0 saturated heterocycles. The zero-order chi connectivity index (χ0) is 11.4. The van der Waals surface area contributed by atoms with Crippen LogP contribution in [0.25, 0.3) is 5.69 Å². The molecule has 16 heavy (non-hydrogen) atoms. The molecule has 0 spiro atoms. The highest BCUT2D eigenvalue weighted by Gasteiger charge is 2.02. The molecule has 2 aromatic rings. The molecule has 1 heterocycles. The maximum absolute atomic E-state index is 11.3. The standard InChI is InChI=1S/C10H12N4O2/c11-4-5-16-9-3-1-2-8(6-9)14-7-12-13-10(14)15/h1-3,6-7H,4-5,11H2,(H,13,15). The topological polar surface area (TPSA) is 85.9 Å². The fraction of sp³-hybridized carbons (Fsp3) is 0.200. The molecule has 6 nitrogen and oxygen atoms in total. The number of aromatic amines is 1. The van der Waals surface area contributed by atoms with Crippen LogP contribution in [0.15, 0.2) is 35.4 Å². The molecule has 0 aliphatic rings. The van der Waals surface area contributed by atoms with Crippen molar-refractivity contribution >= 4 is 0 Å². The van der Waals surface area contributed by atoms with E-state index in [1.165, 1.54) is 10.9 Å². The lowest BCUT2D eigenvalue weighted by Crippen LogP contribution is -2.14. The smallest absolute Gasteiger partial charge is 0.347 e. The first-order chi connectivity index (χ1) is 7.81. The summed E-state index contributed by atoms with van der Waals surface area (Å²) in [5.41, 5.74) is 5.76. The van der Waals surface area contributed by atoms with Crippen molar-refractivity contribution in [3.05, 3.63) is 41.1 Å². The average Bonchev–Trinajstić information content (AvgIpc) is 2.73. The fourth-order valence-corrected chi connectivity index (χ4v) is 1.33. The number of nitrogens with two attached hydrogens (primary N) is 1. The zero-order valence-corrected chi connectivity index (χ0v) is 8.59. The van der Waals surface area contributed by atoms with Crippen molar-refractivity contribution in [2.24, 2.45) is 5.73 Å². The highest BCUT2D eigenvalue weighted by atomic mass is 16.5. The van der Waals surface area contributed by atoms with E-state index in [9.17, 15) is 4.79 Å². The van der Waals surface area contributed by atoms with Crippen molar-refractivity contribution in [3.8, 4) is 11.4 Å². The number of nitrogens with zero attached hydrogens (tertiary/aromatic N) is 2. The molecule has 1 aromatic carbocycles. The molecule has 84 valence electrons. The minimum Gasteiger partial charge on any atom is -0.492 e. The summed E-state index contributed by atoms with van der Waals surface area (Å²) in [7, 11) is 0. The number of ether oxygens (including phenoxy) is 1. The average molecular weight is 220 g/mol. The summed E-state index contributed by atoms with van der Waals surface area (Å²) in [5, 5.41) is 5.98. The van der Waals surface area contributed by atoms with Gasteiger partial charge in [0.15, 0.2) is 0 Å². The molecule has 0 unspecified atom stereocenters. The Balaban J connectivity index is 2.29. The van der Waals surface area contributed by atoms with Gasteiger partial charge in [-0.1, -0.05) is 6.07 Å². The molecule has 2 rings (SSSR count). The van der Waals surface area contributed by atoms with E-state index in [2.05, 4.69) is 10.2 Å². The fourth-order valence-electron chi connectivity index (χ4n) is 1.33. The zero-order valence-electron chi connectivity index (χ0n) is 8.59. The Bertz CT molecular complexity index is 517. The summed E-state index contributed by atoms with van der Waals surface area (Å²) >= 11 is 0. The van der Waals surface area contributed by atoms with E-state index in [1.807, 2.05) is 6.07 Å². The van der Waals surface area contributed by atoms with Crippen LogP contribution in [0.1, 0.15) is 0 Å². The summed E-state index contributed by atoms with van der Waals surface area (Å²) in [4.78, 5) is 11.3. The molecule has 3 N–H and O–H groups in total. The van der Waals surface area contributed by atoms with Gasteiger partial charge in [-0.2, -0.15) is 5.10 Å². The molecule has 0 radical (unpaired) electrons. The SMILES string of the molecule is NCCOc1cccc(-n2cn[nH]c2=O)c1. The van der Waals surface area contributed by atoms with Gasteiger partial charge in [0.2, 0.25) is 0 Å². The van der Waals surface area contributed by atoms with E-state index in [0.29, 0.717) is 24.6 Å². The number of hydrogen-bond donors (Lipinski definition) is 2. The van der Waals surface area contributed by atoms with Gasteiger partial charge in [0, 0.05) is 12.6 Å². The predicted octanol–water partition coefficient (Wildman–Crippen LogP) is -0.102. The Morgan fingerprint density at radius 1 is 1.50 bits per heavy atom. The van der Waals surface area contributed by atoms with Crippen LogP contribution >= 0.6 is 0 Å². The van der Waals surface area contributed by atoms with Gasteiger partial charge < -0.3 is 10.5 Å². The Morgan fingerprint density at radius 2 is 2.38 bits per heavy atom. The van der Waals surface area contributed by atoms with Crippen LogP contribution in [0.5, 0.6) is 5.75 Å². The van der Waals surface area contributed by atoms with E-state index >= 15 is 0 Å². The van der Waals surface area contributed by atoms with E-state index in [4.69, 9.17) is 10.5 Å². The minimum atomic E-state index is -0.282. The molecular weight excluding hydrogens is 208 g/mol. The Hall–Kier alpha value is -2.08. The van der Waals surface area contributed by atoms with Crippen molar-refractivity contribution in [1.29, 1.82) is 0 Å². The predicted molar refractivity (Wildman–Crippen MR) is 58.7 cm³/mol. The van der Waals surface area contributed by atoms with Gasteiger partial charge in [0.25, 0.3) is 0 Å². The molecule has 0 bridgehead atoms. The van der Waals surface area contributed by atoms with Crippen molar-refractivity contribution < 1.29 is 4.74 Å². The number of hydrogen-bond acceptors (Lipinski definition) is 4. The van der Waals surface area contributed by atoms with Crippen LogP contribution < -0.4 is 16.2 Å². The number of H-pyrrole nitrogens is 1. The maximum Gasteiger partial charge on any atom is 0.347 e. The maximum atomic E-state index is 11.3. The van der Waals surface area contributed by atoms with Gasteiger partial charge in [-0.3, -0.25) is 0 Å². The van der Waals surface area contributed by atoms with E-state index in [-0.39, 0.29) is 5.69 Å². The molecule has 1 aromatic heterocycles. The first kappa shape index (κ1) is 10.4. The van der Waals surface area contributed by atoms with Crippen LogP contribution in [-0.2, 0) is 0 Å². The lowest BCUT2D eigenvalue weighted by Gasteiger charge is -2.06. The number of aromatic nitrogens is 3. The Kier molecular flexibility index (Phi) is 3.02. The molecule has 0 amide bonds. The minimum absolute atomic E-state index is 0.282. The lowest BCUT2D eigenvalue weighted by molar-refractivity contribution is 0.328. The van der Waals surface area contributed by atoms with Gasteiger partial charge in [0.05, 0.1) is 5.69 Å². The summed E-state index contributed by atoms with van der Waals surface area (Å²) < 4.78 is 6.76. The third kappa shape index (κ3) is 2.12. The van der Waals surface area contributed by atoms with Gasteiger partial charge in [-0.05, 0) is 12.1 Å². The van der Waals surface area contributed by atoms with Crippen LogP contribution in [-0.4, -0.2) is 27.9 Å². The monoisotopic (exact) mass is 220 g/mol. The van der Waals surface area contributed by atoms with Crippen molar-refractivity contribution in [3.63, 3.8) is 0 Å². The molecular formula is C10H12N4O2. The Labute approximate surface area is 91.7 Å². The van der Waals surface area contributed by atoms with Gasteiger partial charge in [0.1, 0.15) is 18.7 Å². The van der Waals surface area contributed by atoms with E-state index in [0.717, 1.165) is 0 Å². The normalized spacial score (nSPS) is 10.3. The second-order valence-electron chi connectivity index (χ2n) is 3.17. The second-order valence-corrected chi connectivity index (χ2v) is 3.17. The molecule has 0 aliphatic carbocycles. The highest BCUT2D eigenvalue weighted by molar-refractivity contribution is 5.38. The number of rotatable bonds is 4. The first-order valence-electron chi connectivity index (χ1n) is 4.86. The van der Waals surface area contributed by atoms with Crippen LogP contribution in [0.3, 0.4) is 0 Å². The molecule has 0 aliphatic heterocycles. The van der Waals surface area contributed by atoms with Crippen LogP contribution in [0.2, 0.25) is 0 Å². The highest BCUT2D eigenvalue weighted by Crippen LogP contribution is 2.14. The van der Waals surface area contributed by atoms with Crippen LogP contribution in [0.4, 0.5) is 0 Å². The van der Waals surface area contributed by atoms with E-state index in [1.54, 1.807) is 18.2 Å². The number of nitrogens with one attached hydrogen (secondary N) is 1. The van der Waals surface area contributed by atoms with Gasteiger partial charge >= 0.3 is 5.69 Å². The Morgan fingerprint density at radius 3 is 3.06 bits per heavy atom. The summed E-state index contributed by atoms with van der Waals surface area (Å²) in [6.07, 6.45) is 1.42. The third-order valence-electron chi connectivity index (χ3n) is 2.03. The van der Waals surface area contributed by atoms with Crippen molar-refractivity contribution in [2.45, 2.75) is 0 Å². The van der Waals surface area contributed by atoms with Crippen molar-refractivity contribution in [2.75, 3.05) is 13.2 Å². The quantitative estimate of drug-likeness (QED) is 0.753. The number of benzene rings is 1. The molecule has 0 fully saturated rings.